The summed E-state index contributed by atoms with van der Waals surface area (Å²) in [5, 5.41) is 4.18. The zero-order valence-corrected chi connectivity index (χ0v) is 17.9. The fraction of sp³-hybridized carbons (Fsp3) is 0.438. The number of fused-ring (bicyclic) bond motifs is 1. The average Bonchev–Trinajstić information content (AvgIpc) is 3.16. The fourth-order valence-corrected chi connectivity index (χ4v) is 5.19. The van der Waals surface area contributed by atoms with E-state index in [4.69, 9.17) is 39.5 Å². The van der Waals surface area contributed by atoms with Crippen LogP contribution in [-0.4, -0.2) is 49.2 Å². The number of thioether (sulfide) groups is 1. The molecule has 0 radical (unpaired) electrons. The van der Waals surface area contributed by atoms with Gasteiger partial charge in [-0.1, -0.05) is 47.4 Å². The summed E-state index contributed by atoms with van der Waals surface area (Å²) in [4.78, 5) is 39.4. The molecule has 1 aromatic rings. The highest BCUT2D eigenvalue weighted by atomic mass is 35.6. The number of esters is 1. The molecule has 6 nitrogen and oxygen atoms in total. The minimum Gasteiger partial charge on any atom is -0.460 e. The van der Waals surface area contributed by atoms with Crippen molar-refractivity contribution in [2.45, 2.75) is 33.3 Å². The molecular weight excluding hydrogens is 455 g/mol. The van der Waals surface area contributed by atoms with Gasteiger partial charge in [-0.15, -0.1) is 23.1 Å². The Labute approximate surface area is 179 Å². The van der Waals surface area contributed by atoms with Crippen LogP contribution in [-0.2, 0) is 25.5 Å². The second-order valence-corrected chi connectivity index (χ2v) is 11.3. The summed E-state index contributed by atoms with van der Waals surface area (Å²) in [6.45, 7) is 5.03. The van der Waals surface area contributed by atoms with Gasteiger partial charge in [0.1, 0.15) is 18.0 Å². The van der Waals surface area contributed by atoms with Crippen LogP contribution in [0.15, 0.2) is 29.8 Å². The maximum Gasteiger partial charge on any atom is 0.328 e. The summed E-state index contributed by atoms with van der Waals surface area (Å²) < 4.78 is 2.13. The number of thiophene rings is 1. The molecule has 2 aliphatic rings. The quantitative estimate of drug-likeness (QED) is 0.408. The van der Waals surface area contributed by atoms with E-state index < -0.39 is 32.5 Å². The molecule has 2 fully saturated rings. The van der Waals surface area contributed by atoms with Crippen molar-refractivity contribution in [2.24, 2.45) is 0 Å². The summed E-state index contributed by atoms with van der Waals surface area (Å²) in [7, 11) is 0. The molecule has 2 saturated heterocycles. The Kier molecular flexibility index (Phi) is 5.76. The van der Waals surface area contributed by atoms with Crippen molar-refractivity contribution in [3.05, 3.63) is 34.7 Å². The van der Waals surface area contributed by atoms with Crippen LogP contribution >= 0.6 is 57.9 Å². The first-order valence-corrected chi connectivity index (χ1v) is 10.7. The summed E-state index contributed by atoms with van der Waals surface area (Å²) >= 11 is 19.5. The molecule has 0 spiro atoms. The van der Waals surface area contributed by atoms with Gasteiger partial charge in [-0.3, -0.25) is 19.3 Å². The van der Waals surface area contributed by atoms with Crippen molar-refractivity contribution in [3.63, 3.8) is 0 Å². The number of alkyl halides is 3. The lowest BCUT2D eigenvalue weighted by molar-refractivity contribution is -0.147. The first kappa shape index (κ1) is 20.8. The molecule has 146 valence electrons. The van der Waals surface area contributed by atoms with E-state index in [1.807, 2.05) is 17.5 Å². The minimum absolute atomic E-state index is 0.197. The van der Waals surface area contributed by atoms with Crippen LogP contribution < -0.4 is 5.32 Å². The van der Waals surface area contributed by atoms with E-state index in [1.54, 1.807) is 6.92 Å². The number of hydrogen-bond acceptors (Lipinski definition) is 6. The summed E-state index contributed by atoms with van der Waals surface area (Å²) in [6, 6.07) is 2.99. The SMILES string of the molecule is C=C1N2C(=O)C(NC(=O)Cc3cccs3)[C@H]2SC1(C)C(=O)OCC(Cl)(Cl)Cl. The number of carbonyl (C=O) groups excluding carboxylic acids is 3. The summed E-state index contributed by atoms with van der Waals surface area (Å²) in [5.41, 5.74) is 0.292. The maximum absolute atomic E-state index is 12.5. The number of rotatable bonds is 5. The van der Waals surface area contributed by atoms with Gasteiger partial charge in [-0.25, -0.2) is 0 Å². The molecule has 3 atom stereocenters. The van der Waals surface area contributed by atoms with Crippen molar-refractivity contribution >= 4 is 75.7 Å². The molecule has 3 rings (SSSR count). The predicted molar refractivity (Wildman–Crippen MR) is 107 cm³/mol. The maximum atomic E-state index is 12.5. The molecule has 0 aliphatic carbocycles. The predicted octanol–water partition coefficient (Wildman–Crippen LogP) is 2.88. The Morgan fingerprint density at radius 3 is 2.74 bits per heavy atom. The van der Waals surface area contributed by atoms with E-state index in [0.717, 1.165) is 4.88 Å². The van der Waals surface area contributed by atoms with Gasteiger partial charge in [0.2, 0.25) is 9.70 Å². The molecular formula is C16H15Cl3N2O4S2. The van der Waals surface area contributed by atoms with Crippen molar-refractivity contribution in [1.82, 2.24) is 10.2 Å². The highest BCUT2D eigenvalue weighted by Crippen LogP contribution is 2.53. The second-order valence-electron chi connectivity index (χ2n) is 6.19. The monoisotopic (exact) mass is 468 g/mol. The van der Waals surface area contributed by atoms with Crippen LogP contribution in [0.25, 0.3) is 0 Å². The molecule has 11 heteroatoms. The average molecular weight is 470 g/mol. The van der Waals surface area contributed by atoms with Crippen LogP contribution in [0.1, 0.15) is 11.8 Å². The van der Waals surface area contributed by atoms with E-state index in [0.29, 0.717) is 5.70 Å². The lowest BCUT2D eigenvalue weighted by Crippen LogP contribution is -2.66. The number of halogens is 3. The smallest absolute Gasteiger partial charge is 0.328 e. The first-order chi connectivity index (χ1) is 12.5. The highest BCUT2D eigenvalue weighted by Gasteiger charge is 2.63. The summed E-state index contributed by atoms with van der Waals surface area (Å²) in [6.07, 6.45) is 0.197. The zero-order valence-electron chi connectivity index (χ0n) is 14.0. The van der Waals surface area contributed by atoms with Crippen LogP contribution in [0.3, 0.4) is 0 Å². The van der Waals surface area contributed by atoms with Gasteiger partial charge < -0.3 is 10.1 Å². The van der Waals surface area contributed by atoms with Gasteiger partial charge >= 0.3 is 5.97 Å². The third kappa shape index (κ3) is 4.10. The van der Waals surface area contributed by atoms with Crippen molar-refractivity contribution < 1.29 is 19.1 Å². The molecule has 27 heavy (non-hydrogen) atoms. The number of ether oxygens (including phenoxy) is 1. The number of hydrogen-bond donors (Lipinski definition) is 1. The lowest BCUT2D eigenvalue weighted by Gasteiger charge is -2.41. The highest BCUT2D eigenvalue weighted by molar-refractivity contribution is 8.02. The number of amides is 2. The fourth-order valence-electron chi connectivity index (χ4n) is 2.79. The Morgan fingerprint density at radius 1 is 1.44 bits per heavy atom. The molecule has 0 aromatic carbocycles. The number of nitrogens with one attached hydrogen (secondary N) is 1. The van der Waals surface area contributed by atoms with Gasteiger partial charge in [0.05, 0.1) is 6.42 Å². The Balaban J connectivity index is 1.64. The molecule has 2 amide bonds. The van der Waals surface area contributed by atoms with Gasteiger partial charge in [0.15, 0.2) is 4.75 Å². The third-order valence-electron chi connectivity index (χ3n) is 4.23. The van der Waals surface area contributed by atoms with E-state index in [-0.39, 0.29) is 18.2 Å². The van der Waals surface area contributed by atoms with Gasteiger partial charge in [0, 0.05) is 10.6 Å². The molecule has 1 N–H and O–H groups in total. The van der Waals surface area contributed by atoms with Crippen LogP contribution in [0, 0.1) is 0 Å². The Hall–Kier alpha value is -0.930. The molecule has 1 aromatic heterocycles. The number of nitrogens with zero attached hydrogens (tertiary/aromatic N) is 1. The van der Waals surface area contributed by atoms with Crippen molar-refractivity contribution in [3.8, 4) is 0 Å². The third-order valence-corrected chi connectivity index (χ3v) is 7.03. The van der Waals surface area contributed by atoms with Crippen molar-refractivity contribution in [1.29, 1.82) is 0 Å². The zero-order chi connectivity index (χ0) is 20.0. The normalized spacial score (nSPS) is 27.2. The molecule has 0 saturated carbocycles. The Morgan fingerprint density at radius 2 is 2.15 bits per heavy atom. The second kappa shape index (κ2) is 7.48. The lowest BCUT2D eigenvalue weighted by atomic mass is 10.0. The van der Waals surface area contributed by atoms with E-state index in [1.165, 1.54) is 28.0 Å². The van der Waals surface area contributed by atoms with Crippen LogP contribution in [0.2, 0.25) is 0 Å². The number of β-lactam (4-membered cyclic amide) rings is 1. The van der Waals surface area contributed by atoms with Gasteiger partial charge in [0.25, 0.3) is 5.91 Å². The summed E-state index contributed by atoms with van der Waals surface area (Å²) in [5.74, 6) is -1.22. The molecule has 3 heterocycles. The number of carbonyl (C=O) groups is 3. The largest absolute Gasteiger partial charge is 0.460 e. The Bertz CT molecular complexity index is 796. The topological polar surface area (TPSA) is 75.7 Å². The van der Waals surface area contributed by atoms with Gasteiger partial charge in [-0.2, -0.15) is 0 Å². The molecule has 2 aliphatic heterocycles. The van der Waals surface area contributed by atoms with Gasteiger partial charge in [-0.05, 0) is 18.4 Å². The van der Waals surface area contributed by atoms with E-state index in [9.17, 15) is 14.4 Å². The van der Waals surface area contributed by atoms with E-state index in [2.05, 4.69) is 11.9 Å². The minimum atomic E-state index is -1.73. The van der Waals surface area contributed by atoms with E-state index >= 15 is 0 Å². The van der Waals surface area contributed by atoms with Crippen molar-refractivity contribution in [2.75, 3.05) is 6.61 Å². The first-order valence-electron chi connectivity index (χ1n) is 7.79. The van der Waals surface area contributed by atoms with Crippen LogP contribution in [0.5, 0.6) is 0 Å². The molecule has 0 bridgehead atoms. The van der Waals surface area contributed by atoms with Crippen LogP contribution in [0.4, 0.5) is 0 Å². The molecule has 2 unspecified atom stereocenters. The standard InChI is InChI=1S/C16H15Cl3N2O4S2/c1-8-15(2,14(24)25-7-16(17,18)19)27-13-11(12(23)21(8)13)20-10(22)6-9-4-3-5-26-9/h3-5,11,13H,1,6-7H2,2H3,(H,20,22)/t11?,13-,15?/m1/s1.